The highest BCUT2D eigenvalue weighted by atomic mass is 32.2. The zero-order valence-corrected chi connectivity index (χ0v) is 15.9. The molecule has 6 heteroatoms. The molecule has 0 radical (unpaired) electrons. The Labute approximate surface area is 150 Å². The quantitative estimate of drug-likeness (QED) is 0.817. The zero-order valence-electron chi connectivity index (χ0n) is 15.1. The van der Waals surface area contributed by atoms with Crippen LogP contribution in [0.2, 0.25) is 0 Å². The minimum Gasteiger partial charge on any atom is -0.468 e. The molecule has 0 bridgehead atoms. The van der Waals surface area contributed by atoms with E-state index in [2.05, 4.69) is 11.8 Å². The first-order chi connectivity index (χ1) is 11.9. The first kappa shape index (κ1) is 18.2. The summed E-state index contributed by atoms with van der Waals surface area (Å²) < 4.78 is 31.6. The van der Waals surface area contributed by atoms with E-state index in [-0.39, 0.29) is 6.04 Å². The third kappa shape index (κ3) is 3.97. The SMILES string of the molecule is CC1CCN(Cc2cccc(S(=O)(=O)N(C)C)c2)C(c2ccco2)C1. The molecule has 25 heavy (non-hydrogen) atoms. The van der Waals surface area contributed by atoms with Crippen LogP contribution < -0.4 is 0 Å². The molecular weight excluding hydrogens is 336 g/mol. The maximum atomic E-state index is 12.4. The molecule has 0 spiro atoms. The van der Waals surface area contributed by atoms with Crippen LogP contribution in [0.1, 0.15) is 37.1 Å². The summed E-state index contributed by atoms with van der Waals surface area (Å²) in [7, 11) is -0.296. The molecule has 0 amide bonds. The van der Waals surface area contributed by atoms with E-state index in [1.807, 2.05) is 24.3 Å². The summed E-state index contributed by atoms with van der Waals surface area (Å²) in [6, 6.07) is 11.5. The molecule has 1 fully saturated rings. The maximum absolute atomic E-state index is 12.4. The summed E-state index contributed by atoms with van der Waals surface area (Å²) in [5.41, 5.74) is 1.01. The second-order valence-electron chi connectivity index (χ2n) is 7.07. The first-order valence-electron chi connectivity index (χ1n) is 8.67. The van der Waals surface area contributed by atoms with E-state index in [9.17, 15) is 8.42 Å². The molecule has 1 aliphatic rings. The van der Waals surface area contributed by atoms with E-state index in [0.29, 0.717) is 10.8 Å². The molecule has 5 nitrogen and oxygen atoms in total. The van der Waals surface area contributed by atoms with Gasteiger partial charge in [0.1, 0.15) is 5.76 Å². The van der Waals surface area contributed by atoms with Gasteiger partial charge in [0, 0.05) is 20.6 Å². The Kier molecular flexibility index (Phi) is 5.32. The van der Waals surface area contributed by atoms with Gasteiger partial charge in [0.25, 0.3) is 0 Å². The average Bonchev–Trinajstić information content (AvgIpc) is 3.11. The van der Waals surface area contributed by atoms with Gasteiger partial charge in [-0.15, -0.1) is 0 Å². The molecule has 136 valence electrons. The van der Waals surface area contributed by atoms with Crippen molar-refractivity contribution < 1.29 is 12.8 Å². The van der Waals surface area contributed by atoms with Crippen LogP contribution in [-0.4, -0.2) is 38.3 Å². The summed E-state index contributed by atoms with van der Waals surface area (Å²) in [6.07, 6.45) is 3.92. The second-order valence-corrected chi connectivity index (χ2v) is 9.22. The monoisotopic (exact) mass is 362 g/mol. The molecule has 0 saturated carbocycles. The molecule has 1 aliphatic heterocycles. The predicted octanol–water partition coefficient (Wildman–Crippen LogP) is 3.50. The molecule has 3 rings (SSSR count). The van der Waals surface area contributed by atoms with Crippen molar-refractivity contribution >= 4 is 10.0 Å². The van der Waals surface area contributed by atoms with Gasteiger partial charge in [0.05, 0.1) is 17.2 Å². The first-order valence-corrected chi connectivity index (χ1v) is 10.1. The normalized spacial score (nSPS) is 22.4. The Bertz CT molecular complexity index is 800. The molecule has 1 aromatic heterocycles. The number of rotatable bonds is 5. The van der Waals surface area contributed by atoms with Gasteiger partial charge in [-0.2, -0.15) is 0 Å². The van der Waals surface area contributed by atoms with Gasteiger partial charge in [-0.1, -0.05) is 19.1 Å². The predicted molar refractivity (Wildman–Crippen MR) is 97.6 cm³/mol. The van der Waals surface area contributed by atoms with Gasteiger partial charge in [-0.3, -0.25) is 4.90 Å². The highest BCUT2D eigenvalue weighted by molar-refractivity contribution is 7.89. The minimum atomic E-state index is -3.41. The molecule has 1 saturated heterocycles. The fraction of sp³-hybridized carbons (Fsp3) is 0.474. The Morgan fingerprint density at radius 3 is 2.72 bits per heavy atom. The van der Waals surface area contributed by atoms with E-state index in [4.69, 9.17) is 4.42 Å². The number of benzene rings is 1. The second kappa shape index (κ2) is 7.32. The molecule has 1 aromatic carbocycles. The van der Waals surface area contributed by atoms with Crippen molar-refractivity contribution in [1.29, 1.82) is 0 Å². The molecule has 2 heterocycles. The third-order valence-electron chi connectivity index (χ3n) is 4.91. The summed E-state index contributed by atoms with van der Waals surface area (Å²) in [5.74, 6) is 1.65. The van der Waals surface area contributed by atoms with Gasteiger partial charge < -0.3 is 4.42 Å². The number of sulfonamides is 1. The summed E-state index contributed by atoms with van der Waals surface area (Å²) in [5, 5.41) is 0. The Morgan fingerprint density at radius 1 is 1.24 bits per heavy atom. The summed E-state index contributed by atoms with van der Waals surface area (Å²) >= 11 is 0. The Balaban J connectivity index is 1.83. The van der Waals surface area contributed by atoms with Gasteiger partial charge in [-0.25, -0.2) is 12.7 Å². The lowest BCUT2D eigenvalue weighted by Crippen LogP contribution is -2.35. The number of nitrogens with zero attached hydrogens (tertiary/aromatic N) is 2. The van der Waals surface area contributed by atoms with Crippen molar-refractivity contribution in [1.82, 2.24) is 9.21 Å². The van der Waals surface area contributed by atoms with Crippen LogP contribution in [-0.2, 0) is 16.6 Å². The average molecular weight is 362 g/mol. The smallest absolute Gasteiger partial charge is 0.242 e. The van der Waals surface area contributed by atoms with E-state index in [0.717, 1.165) is 37.3 Å². The van der Waals surface area contributed by atoms with Gasteiger partial charge in [0.2, 0.25) is 10.0 Å². The van der Waals surface area contributed by atoms with Crippen molar-refractivity contribution in [3.63, 3.8) is 0 Å². The fourth-order valence-corrected chi connectivity index (χ4v) is 4.38. The van der Waals surface area contributed by atoms with Crippen molar-refractivity contribution in [2.45, 2.75) is 37.2 Å². The number of hydrogen-bond donors (Lipinski definition) is 0. The van der Waals surface area contributed by atoms with Crippen LogP contribution in [0.4, 0.5) is 0 Å². The highest BCUT2D eigenvalue weighted by Crippen LogP contribution is 2.35. The zero-order chi connectivity index (χ0) is 18.0. The summed E-state index contributed by atoms with van der Waals surface area (Å²) in [4.78, 5) is 2.73. The van der Waals surface area contributed by atoms with Crippen LogP contribution in [0, 0.1) is 5.92 Å². The molecule has 0 N–H and O–H groups in total. The van der Waals surface area contributed by atoms with E-state index < -0.39 is 10.0 Å². The molecule has 2 unspecified atom stereocenters. The molecule has 2 atom stereocenters. The van der Waals surface area contributed by atoms with E-state index >= 15 is 0 Å². The molecule has 0 aliphatic carbocycles. The van der Waals surface area contributed by atoms with Crippen molar-refractivity contribution in [2.24, 2.45) is 5.92 Å². The van der Waals surface area contributed by atoms with Crippen molar-refractivity contribution in [2.75, 3.05) is 20.6 Å². The third-order valence-corrected chi connectivity index (χ3v) is 6.72. The van der Waals surface area contributed by atoms with Crippen LogP contribution in [0.15, 0.2) is 52.0 Å². The summed E-state index contributed by atoms with van der Waals surface area (Å²) in [6.45, 7) is 3.98. The van der Waals surface area contributed by atoms with Gasteiger partial charge in [0.15, 0.2) is 0 Å². The standard InChI is InChI=1S/C19H26N2O3S/c1-15-9-10-21(18(12-15)19-8-5-11-24-19)14-16-6-4-7-17(13-16)25(22,23)20(2)3/h4-8,11,13,15,18H,9-10,12,14H2,1-3H3. The topological polar surface area (TPSA) is 53.8 Å². The van der Waals surface area contributed by atoms with Gasteiger partial charge in [-0.05, 0) is 55.1 Å². The molecule has 2 aromatic rings. The van der Waals surface area contributed by atoms with E-state index in [1.54, 1.807) is 32.5 Å². The lowest BCUT2D eigenvalue weighted by molar-refractivity contribution is 0.0944. The number of furan rings is 1. The number of piperidine rings is 1. The maximum Gasteiger partial charge on any atom is 0.242 e. The van der Waals surface area contributed by atoms with E-state index in [1.165, 1.54) is 4.31 Å². The number of hydrogen-bond acceptors (Lipinski definition) is 4. The van der Waals surface area contributed by atoms with Crippen LogP contribution >= 0.6 is 0 Å². The van der Waals surface area contributed by atoms with Crippen LogP contribution in [0.5, 0.6) is 0 Å². The van der Waals surface area contributed by atoms with Crippen molar-refractivity contribution in [3.05, 3.63) is 54.0 Å². The van der Waals surface area contributed by atoms with Crippen LogP contribution in [0.3, 0.4) is 0 Å². The van der Waals surface area contributed by atoms with Crippen LogP contribution in [0.25, 0.3) is 0 Å². The minimum absolute atomic E-state index is 0.243. The van der Waals surface area contributed by atoms with Crippen molar-refractivity contribution in [3.8, 4) is 0 Å². The fourth-order valence-electron chi connectivity index (χ4n) is 3.41. The molecular formula is C19H26N2O3S. The number of likely N-dealkylation sites (tertiary alicyclic amines) is 1. The lowest BCUT2D eigenvalue weighted by atomic mass is 9.90. The Morgan fingerprint density at radius 2 is 2.04 bits per heavy atom. The largest absolute Gasteiger partial charge is 0.468 e. The lowest BCUT2D eigenvalue weighted by Gasteiger charge is -2.37. The van der Waals surface area contributed by atoms with Gasteiger partial charge >= 0.3 is 0 Å². The highest BCUT2D eigenvalue weighted by Gasteiger charge is 2.29. The Hall–Kier alpha value is -1.63.